The molecule has 27 heavy (non-hydrogen) atoms. The number of carbonyl (C=O) groups is 1. The summed E-state index contributed by atoms with van der Waals surface area (Å²) in [5.74, 6) is -1.21. The predicted molar refractivity (Wildman–Crippen MR) is 91.0 cm³/mol. The lowest BCUT2D eigenvalue weighted by Crippen LogP contribution is -2.24. The molecule has 3 rings (SSSR count). The van der Waals surface area contributed by atoms with Gasteiger partial charge in [-0.1, -0.05) is 23.3 Å². The molecule has 142 valence electrons. The van der Waals surface area contributed by atoms with E-state index in [1.165, 1.54) is 24.5 Å². The first kappa shape index (κ1) is 18.8. The van der Waals surface area contributed by atoms with E-state index in [4.69, 9.17) is 8.83 Å². The SMILES string of the molecule is O=C(NCCCc1nnc(S(=O)(=O)Cc2ccccc2F)o1)c1ccco1. The van der Waals surface area contributed by atoms with Crippen LogP contribution in [0.5, 0.6) is 0 Å². The molecule has 0 aliphatic rings. The van der Waals surface area contributed by atoms with E-state index >= 15 is 0 Å². The van der Waals surface area contributed by atoms with Gasteiger partial charge >= 0.3 is 5.22 Å². The molecule has 0 aliphatic carbocycles. The molecule has 1 aromatic carbocycles. The molecule has 0 bridgehead atoms. The van der Waals surface area contributed by atoms with Crippen LogP contribution in [0.4, 0.5) is 4.39 Å². The summed E-state index contributed by atoms with van der Waals surface area (Å²) in [7, 11) is -3.95. The maximum atomic E-state index is 13.6. The van der Waals surface area contributed by atoms with E-state index < -0.39 is 26.6 Å². The number of aromatic nitrogens is 2. The quantitative estimate of drug-likeness (QED) is 0.583. The fourth-order valence-corrected chi connectivity index (χ4v) is 3.44. The van der Waals surface area contributed by atoms with Gasteiger partial charge in [0.05, 0.1) is 12.0 Å². The first-order valence-electron chi connectivity index (χ1n) is 8.06. The Morgan fingerprint density at radius 2 is 1.96 bits per heavy atom. The number of hydrogen-bond acceptors (Lipinski definition) is 7. The van der Waals surface area contributed by atoms with E-state index in [1.54, 1.807) is 18.2 Å². The molecule has 0 aliphatic heterocycles. The lowest BCUT2D eigenvalue weighted by atomic mass is 10.2. The van der Waals surface area contributed by atoms with Gasteiger partial charge in [-0.3, -0.25) is 4.79 Å². The van der Waals surface area contributed by atoms with Crippen LogP contribution in [0, 0.1) is 5.82 Å². The molecular formula is C17H16FN3O5S. The fourth-order valence-electron chi connectivity index (χ4n) is 2.28. The van der Waals surface area contributed by atoms with Crippen molar-refractivity contribution >= 4 is 15.7 Å². The minimum atomic E-state index is -3.95. The number of amides is 1. The number of nitrogens with one attached hydrogen (secondary N) is 1. The Morgan fingerprint density at radius 1 is 1.15 bits per heavy atom. The van der Waals surface area contributed by atoms with Crippen molar-refractivity contribution in [1.82, 2.24) is 15.5 Å². The van der Waals surface area contributed by atoms with Gasteiger partial charge in [-0.05, 0) is 24.6 Å². The Labute approximate surface area is 154 Å². The van der Waals surface area contributed by atoms with Gasteiger partial charge in [0.2, 0.25) is 15.7 Å². The largest absolute Gasteiger partial charge is 0.459 e. The molecule has 0 fully saturated rings. The maximum absolute atomic E-state index is 13.6. The van der Waals surface area contributed by atoms with Gasteiger partial charge in [-0.15, -0.1) is 5.10 Å². The van der Waals surface area contributed by atoms with Crippen molar-refractivity contribution in [1.29, 1.82) is 0 Å². The van der Waals surface area contributed by atoms with Crippen LogP contribution in [-0.2, 0) is 22.0 Å². The molecule has 2 heterocycles. The minimum Gasteiger partial charge on any atom is -0.459 e. The summed E-state index contributed by atoms with van der Waals surface area (Å²) in [4.78, 5) is 11.7. The van der Waals surface area contributed by atoms with Crippen LogP contribution in [0.15, 0.2) is 56.7 Å². The highest BCUT2D eigenvalue weighted by Crippen LogP contribution is 2.17. The molecule has 2 aromatic heterocycles. The van der Waals surface area contributed by atoms with E-state index in [1.807, 2.05) is 0 Å². The zero-order valence-electron chi connectivity index (χ0n) is 14.1. The average molecular weight is 393 g/mol. The van der Waals surface area contributed by atoms with Crippen LogP contribution < -0.4 is 5.32 Å². The van der Waals surface area contributed by atoms with Crippen molar-refractivity contribution in [3.8, 4) is 0 Å². The molecule has 10 heteroatoms. The summed E-state index contributed by atoms with van der Waals surface area (Å²) in [5, 5.41) is 9.32. The third-order valence-corrected chi connectivity index (χ3v) is 5.00. The van der Waals surface area contributed by atoms with Crippen molar-refractivity contribution in [2.24, 2.45) is 0 Å². The summed E-state index contributed by atoms with van der Waals surface area (Å²) in [6.45, 7) is 0.319. The van der Waals surface area contributed by atoms with Crippen molar-refractivity contribution in [2.75, 3.05) is 6.54 Å². The lowest BCUT2D eigenvalue weighted by molar-refractivity contribution is 0.0925. The van der Waals surface area contributed by atoms with Gasteiger partial charge in [0.15, 0.2) is 5.76 Å². The Hall–Kier alpha value is -3.01. The van der Waals surface area contributed by atoms with E-state index in [2.05, 4.69) is 15.5 Å². The topological polar surface area (TPSA) is 115 Å². The number of halogens is 1. The van der Waals surface area contributed by atoms with Crippen LogP contribution in [0.2, 0.25) is 0 Å². The Bertz CT molecular complexity index is 1010. The summed E-state index contributed by atoms with van der Waals surface area (Å²) in [6.07, 6.45) is 2.14. The second-order valence-corrected chi connectivity index (χ2v) is 7.52. The highest BCUT2D eigenvalue weighted by molar-refractivity contribution is 7.90. The number of hydrogen-bond donors (Lipinski definition) is 1. The number of furan rings is 1. The monoisotopic (exact) mass is 393 g/mol. The van der Waals surface area contributed by atoms with Crippen LogP contribution in [0.25, 0.3) is 0 Å². The molecule has 1 amide bonds. The van der Waals surface area contributed by atoms with Crippen LogP contribution in [0.3, 0.4) is 0 Å². The Morgan fingerprint density at radius 3 is 2.70 bits per heavy atom. The van der Waals surface area contributed by atoms with E-state index in [9.17, 15) is 17.6 Å². The summed E-state index contributed by atoms with van der Waals surface area (Å²) >= 11 is 0. The lowest BCUT2D eigenvalue weighted by Gasteiger charge is -2.02. The number of sulfone groups is 1. The first-order valence-corrected chi connectivity index (χ1v) is 9.71. The zero-order chi connectivity index (χ0) is 19.3. The second-order valence-electron chi connectivity index (χ2n) is 5.65. The third kappa shape index (κ3) is 4.79. The van der Waals surface area contributed by atoms with Crippen molar-refractivity contribution < 1.29 is 26.4 Å². The van der Waals surface area contributed by atoms with E-state index in [0.717, 1.165) is 0 Å². The zero-order valence-corrected chi connectivity index (χ0v) is 14.9. The number of aryl methyl sites for hydroxylation is 1. The highest BCUT2D eigenvalue weighted by atomic mass is 32.2. The number of rotatable bonds is 8. The number of carbonyl (C=O) groups excluding carboxylic acids is 1. The van der Waals surface area contributed by atoms with Gasteiger partial charge in [0.25, 0.3) is 5.91 Å². The third-order valence-electron chi connectivity index (χ3n) is 3.62. The smallest absolute Gasteiger partial charge is 0.335 e. The van der Waals surface area contributed by atoms with Crippen LogP contribution >= 0.6 is 0 Å². The molecule has 0 radical (unpaired) electrons. The van der Waals surface area contributed by atoms with Gasteiger partial charge in [-0.25, -0.2) is 12.8 Å². The second kappa shape index (κ2) is 8.12. The molecule has 0 saturated heterocycles. The first-order chi connectivity index (χ1) is 13.0. The number of nitrogens with zero attached hydrogens (tertiary/aromatic N) is 2. The van der Waals surface area contributed by atoms with Gasteiger partial charge in [0, 0.05) is 18.5 Å². The summed E-state index contributed by atoms with van der Waals surface area (Å²) in [5.41, 5.74) is 0.0258. The summed E-state index contributed by atoms with van der Waals surface area (Å²) in [6, 6.07) is 8.73. The van der Waals surface area contributed by atoms with Gasteiger partial charge in [0.1, 0.15) is 5.82 Å². The molecule has 0 saturated carbocycles. The van der Waals surface area contributed by atoms with Crippen LogP contribution in [-0.4, -0.2) is 31.1 Å². The molecule has 8 nitrogen and oxygen atoms in total. The van der Waals surface area contributed by atoms with Gasteiger partial charge in [-0.2, -0.15) is 0 Å². The molecule has 0 atom stereocenters. The maximum Gasteiger partial charge on any atom is 0.335 e. The normalized spacial score (nSPS) is 11.4. The van der Waals surface area contributed by atoms with Crippen molar-refractivity contribution in [2.45, 2.75) is 23.8 Å². The van der Waals surface area contributed by atoms with E-state index in [0.29, 0.717) is 13.0 Å². The Kier molecular flexibility index (Phi) is 5.65. The molecule has 0 spiro atoms. The fraction of sp³-hybridized carbons (Fsp3) is 0.235. The standard InChI is InChI=1S/C17H16FN3O5S/c18-13-6-2-1-5-12(13)11-27(23,24)17-21-20-15(26-17)8-3-9-19-16(22)14-7-4-10-25-14/h1-2,4-7,10H,3,8-9,11H2,(H,19,22). The number of benzene rings is 1. The minimum absolute atomic E-state index is 0.0258. The molecule has 3 aromatic rings. The van der Waals surface area contributed by atoms with Crippen molar-refractivity contribution in [3.63, 3.8) is 0 Å². The molecule has 0 unspecified atom stereocenters. The molecule has 1 N–H and O–H groups in total. The van der Waals surface area contributed by atoms with E-state index in [-0.39, 0.29) is 29.5 Å². The van der Waals surface area contributed by atoms with Crippen molar-refractivity contribution in [3.05, 3.63) is 65.7 Å². The predicted octanol–water partition coefficient (Wildman–Crippen LogP) is 2.14. The van der Waals surface area contributed by atoms with Gasteiger partial charge < -0.3 is 14.2 Å². The average Bonchev–Trinajstić information content (AvgIpc) is 3.32. The highest BCUT2D eigenvalue weighted by Gasteiger charge is 2.24. The Balaban J connectivity index is 1.53. The molecular weight excluding hydrogens is 377 g/mol. The summed E-state index contributed by atoms with van der Waals surface area (Å²) < 4.78 is 48.4. The van der Waals surface area contributed by atoms with Crippen LogP contribution in [0.1, 0.15) is 28.4 Å².